The standard InChI is InChI=1S/C12H19NOS/c1-8(2)11(10(4)14)5-6-12-9(3)13-7-15-12/h7-8,11H,5-6H2,1-4H3. The Bertz CT molecular complexity index is 330. The van der Waals surface area contributed by atoms with E-state index in [1.807, 2.05) is 12.4 Å². The average molecular weight is 225 g/mol. The molecule has 1 unspecified atom stereocenters. The number of hydrogen-bond donors (Lipinski definition) is 0. The van der Waals surface area contributed by atoms with E-state index >= 15 is 0 Å². The highest BCUT2D eigenvalue weighted by Crippen LogP contribution is 2.22. The molecule has 0 amide bonds. The molecule has 1 rings (SSSR count). The van der Waals surface area contributed by atoms with Crippen LogP contribution in [0.15, 0.2) is 5.51 Å². The lowest BCUT2D eigenvalue weighted by Gasteiger charge is -2.17. The Morgan fingerprint density at radius 3 is 2.60 bits per heavy atom. The normalized spacial score (nSPS) is 13.1. The van der Waals surface area contributed by atoms with E-state index in [4.69, 9.17) is 0 Å². The van der Waals surface area contributed by atoms with Gasteiger partial charge in [-0.2, -0.15) is 0 Å². The molecule has 1 atom stereocenters. The van der Waals surface area contributed by atoms with Crippen LogP contribution in [0.2, 0.25) is 0 Å². The number of hydrogen-bond acceptors (Lipinski definition) is 3. The minimum Gasteiger partial charge on any atom is -0.300 e. The fourth-order valence-corrected chi connectivity index (χ4v) is 2.66. The number of ketones is 1. The van der Waals surface area contributed by atoms with Gasteiger partial charge in [-0.15, -0.1) is 11.3 Å². The molecule has 0 spiro atoms. The van der Waals surface area contributed by atoms with E-state index in [0.717, 1.165) is 18.5 Å². The SMILES string of the molecule is CC(=O)C(CCc1scnc1C)C(C)C. The average Bonchev–Trinajstić information content (AvgIpc) is 2.51. The topological polar surface area (TPSA) is 30.0 Å². The van der Waals surface area contributed by atoms with Gasteiger partial charge in [-0.05, 0) is 32.6 Å². The third kappa shape index (κ3) is 3.42. The Balaban J connectivity index is 2.55. The maximum Gasteiger partial charge on any atom is 0.133 e. The summed E-state index contributed by atoms with van der Waals surface area (Å²) in [4.78, 5) is 17.0. The molecule has 0 aliphatic heterocycles. The van der Waals surface area contributed by atoms with E-state index in [0.29, 0.717) is 11.7 Å². The third-order valence-corrected chi connectivity index (χ3v) is 3.85. The zero-order valence-corrected chi connectivity index (χ0v) is 10.7. The van der Waals surface area contributed by atoms with Crippen molar-refractivity contribution in [1.29, 1.82) is 0 Å². The van der Waals surface area contributed by atoms with Crippen molar-refractivity contribution in [3.05, 3.63) is 16.1 Å². The van der Waals surface area contributed by atoms with Gasteiger partial charge in [0.15, 0.2) is 0 Å². The van der Waals surface area contributed by atoms with E-state index in [1.165, 1.54) is 4.88 Å². The van der Waals surface area contributed by atoms with Gasteiger partial charge >= 0.3 is 0 Å². The summed E-state index contributed by atoms with van der Waals surface area (Å²) in [5.41, 5.74) is 2.99. The molecule has 0 aliphatic rings. The molecule has 0 aliphatic carbocycles. The summed E-state index contributed by atoms with van der Waals surface area (Å²) in [7, 11) is 0. The number of aromatic nitrogens is 1. The number of carbonyl (C=O) groups is 1. The lowest BCUT2D eigenvalue weighted by Crippen LogP contribution is -2.18. The molecule has 1 aromatic rings. The lowest BCUT2D eigenvalue weighted by atomic mass is 9.88. The van der Waals surface area contributed by atoms with Crippen molar-refractivity contribution in [2.24, 2.45) is 11.8 Å². The third-order valence-electron chi connectivity index (χ3n) is 2.85. The van der Waals surface area contributed by atoms with E-state index in [9.17, 15) is 4.79 Å². The van der Waals surface area contributed by atoms with Crippen LogP contribution in [-0.4, -0.2) is 10.8 Å². The molecule has 15 heavy (non-hydrogen) atoms. The molecule has 0 aromatic carbocycles. The highest BCUT2D eigenvalue weighted by atomic mass is 32.1. The first kappa shape index (κ1) is 12.4. The summed E-state index contributed by atoms with van der Waals surface area (Å²) in [6, 6.07) is 0. The summed E-state index contributed by atoms with van der Waals surface area (Å²) in [5.74, 6) is 0.953. The van der Waals surface area contributed by atoms with Gasteiger partial charge < -0.3 is 0 Å². The molecule has 1 aromatic heterocycles. The molecule has 3 heteroatoms. The second kappa shape index (κ2) is 5.40. The van der Waals surface area contributed by atoms with Crippen molar-refractivity contribution in [3.8, 4) is 0 Å². The Hall–Kier alpha value is -0.700. The zero-order chi connectivity index (χ0) is 11.4. The number of aryl methyl sites for hydroxylation is 2. The molecule has 1 heterocycles. The summed E-state index contributed by atoms with van der Waals surface area (Å²) >= 11 is 1.69. The maximum absolute atomic E-state index is 11.4. The number of Topliss-reactive ketones (excluding diaryl/α,β-unsaturated/α-hetero) is 1. The first-order chi connectivity index (χ1) is 7.02. The lowest BCUT2D eigenvalue weighted by molar-refractivity contribution is -0.122. The molecule has 2 nitrogen and oxygen atoms in total. The van der Waals surface area contributed by atoms with Crippen molar-refractivity contribution in [2.75, 3.05) is 0 Å². The second-order valence-corrected chi connectivity index (χ2v) is 5.30. The minimum atomic E-state index is 0.200. The summed E-state index contributed by atoms with van der Waals surface area (Å²) in [5, 5.41) is 0. The molecular weight excluding hydrogens is 206 g/mol. The largest absolute Gasteiger partial charge is 0.300 e. The van der Waals surface area contributed by atoms with Crippen molar-refractivity contribution in [2.45, 2.75) is 40.5 Å². The van der Waals surface area contributed by atoms with Crippen molar-refractivity contribution in [3.63, 3.8) is 0 Å². The Morgan fingerprint density at radius 2 is 2.20 bits per heavy atom. The monoisotopic (exact) mass is 225 g/mol. The van der Waals surface area contributed by atoms with E-state index in [-0.39, 0.29) is 5.92 Å². The Labute approximate surface area is 95.7 Å². The molecule has 0 radical (unpaired) electrons. The van der Waals surface area contributed by atoms with Gasteiger partial charge in [-0.3, -0.25) is 4.79 Å². The van der Waals surface area contributed by atoms with Gasteiger partial charge in [0, 0.05) is 10.8 Å². The molecule has 0 saturated carbocycles. The van der Waals surface area contributed by atoms with Crippen molar-refractivity contribution >= 4 is 17.1 Å². The van der Waals surface area contributed by atoms with Gasteiger partial charge in [0.05, 0.1) is 11.2 Å². The highest BCUT2D eigenvalue weighted by molar-refractivity contribution is 7.09. The van der Waals surface area contributed by atoms with Crippen LogP contribution in [0.5, 0.6) is 0 Å². The predicted octanol–water partition coefficient (Wildman–Crippen LogP) is 3.25. The second-order valence-electron chi connectivity index (χ2n) is 4.36. The molecule has 84 valence electrons. The van der Waals surface area contributed by atoms with Gasteiger partial charge in [0.25, 0.3) is 0 Å². The summed E-state index contributed by atoms with van der Waals surface area (Å²) in [6.45, 7) is 7.96. The van der Waals surface area contributed by atoms with Gasteiger partial charge in [-0.1, -0.05) is 13.8 Å². The van der Waals surface area contributed by atoms with E-state index in [2.05, 4.69) is 18.8 Å². The molecule has 0 N–H and O–H groups in total. The van der Waals surface area contributed by atoms with E-state index < -0.39 is 0 Å². The van der Waals surface area contributed by atoms with Crippen LogP contribution in [0.3, 0.4) is 0 Å². The first-order valence-corrected chi connectivity index (χ1v) is 6.29. The van der Waals surface area contributed by atoms with Crippen molar-refractivity contribution in [1.82, 2.24) is 4.98 Å². The van der Waals surface area contributed by atoms with Crippen LogP contribution >= 0.6 is 11.3 Å². The summed E-state index contributed by atoms with van der Waals surface area (Å²) < 4.78 is 0. The number of carbonyl (C=O) groups excluding carboxylic acids is 1. The smallest absolute Gasteiger partial charge is 0.133 e. The van der Waals surface area contributed by atoms with Gasteiger partial charge in [0.1, 0.15) is 5.78 Å². The van der Waals surface area contributed by atoms with Crippen LogP contribution in [0.4, 0.5) is 0 Å². The maximum atomic E-state index is 11.4. The van der Waals surface area contributed by atoms with Crippen LogP contribution in [0.1, 0.15) is 37.8 Å². The van der Waals surface area contributed by atoms with Crippen LogP contribution in [0.25, 0.3) is 0 Å². The van der Waals surface area contributed by atoms with Gasteiger partial charge in [0.2, 0.25) is 0 Å². The Morgan fingerprint density at radius 1 is 1.53 bits per heavy atom. The van der Waals surface area contributed by atoms with Crippen LogP contribution in [-0.2, 0) is 11.2 Å². The quantitative estimate of drug-likeness (QED) is 0.770. The number of thiazole rings is 1. The fraction of sp³-hybridized carbons (Fsp3) is 0.667. The number of rotatable bonds is 5. The fourth-order valence-electron chi connectivity index (χ4n) is 1.86. The molecule has 0 fully saturated rings. The predicted molar refractivity (Wildman–Crippen MR) is 64.2 cm³/mol. The van der Waals surface area contributed by atoms with Gasteiger partial charge in [-0.25, -0.2) is 4.98 Å². The Kier molecular flexibility index (Phi) is 4.45. The van der Waals surface area contributed by atoms with Crippen molar-refractivity contribution < 1.29 is 4.79 Å². The van der Waals surface area contributed by atoms with E-state index in [1.54, 1.807) is 18.3 Å². The zero-order valence-electron chi connectivity index (χ0n) is 9.91. The van der Waals surface area contributed by atoms with Crippen LogP contribution in [0, 0.1) is 18.8 Å². The van der Waals surface area contributed by atoms with Crippen LogP contribution < -0.4 is 0 Å². The molecule has 0 bridgehead atoms. The number of nitrogens with zero attached hydrogens (tertiary/aromatic N) is 1. The minimum absolute atomic E-state index is 0.200. The molecule has 0 saturated heterocycles. The molecular formula is C12H19NOS. The highest BCUT2D eigenvalue weighted by Gasteiger charge is 2.18. The first-order valence-electron chi connectivity index (χ1n) is 5.41. The summed E-state index contributed by atoms with van der Waals surface area (Å²) in [6.07, 6.45) is 1.94.